The number of aromatic nitrogens is 3. The lowest BCUT2D eigenvalue weighted by molar-refractivity contribution is 0.489. The van der Waals surface area contributed by atoms with E-state index in [9.17, 15) is 0 Å². The van der Waals surface area contributed by atoms with E-state index >= 15 is 0 Å². The van der Waals surface area contributed by atoms with Crippen LogP contribution in [0.15, 0.2) is 120 Å². The molecule has 0 radical (unpaired) electrons. The molecule has 0 aliphatic carbocycles. The maximum absolute atomic E-state index is 6.61. The molecule has 0 amide bonds. The van der Waals surface area contributed by atoms with Crippen molar-refractivity contribution in [3.8, 4) is 22.5 Å². The second-order valence-corrected chi connectivity index (χ2v) is 9.79. The Morgan fingerprint density at radius 1 is 0.725 bits per heavy atom. The fourth-order valence-corrected chi connectivity index (χ4v) is 4.76. The Balaban J connectivity index is 1.45. The Morgan fingerprint density at radius 3 is 2.05 bits per heavy atom. The molecule has 6 rings (SSSR count). The minimum atomic E-state index is -0.368. The molecule has 0 bridgehead atoms. The van der Waals surface area contributed by atoms with E-state index in [0.717, 1.165) is 16.7 Å². The predicted octanol–water partition coefficient (Wildman–Crippen LogP) is 6.83. The normalized spacial score (nSPS) is 15.1. The second kappa shape index (κ2) is 11.7. The van der Waals surface area contributed by atoms with Gasteiger partial charge in [-0.15, -0.1) is 10.2 Å². The molecule has 1 aliphatic rings. The van der Waals surface area contributed by atoms with E-state index in [1.165, 1.54) is 0 Å². The molecule has 4 aromatic carbocycles. The molecule has 9 heteroatoms. The highest BCUT2D eigenvalue weighted by atomic mass is 35.5. The number of hydrogen-bond acceptors (Lipinski definition) is 7. The zero-order valence-corrected chi connectivity index (χ0v) is 22.6. The van der Waals surface area contributed by atoms with Crippen LogP contribution in [0.5, 0.6) is 0 Å². The zero-order chi connectivity index (χ0) is 27.3. The van der Waals surface area contributed by atoms with E-state index in [-0.39, 0.29) is 6.17 Å². The first-order valence-electron chi connectivity index (χ1n) is 12.6. The molecule has 7 nitrogen and oxygen atoms in total. The predicted molar refractivity (Wildman–Crippen MR) is 162 cm³/mol. The van der Waals surface area contributed by atoms with E-state index in [1.54, 1.807) is 17.1 Å². The van der Waals surface area contributed by atoms with E-state index < -0.39 is 0 Å². The van der Waals surface area contributed by atoms with Gasteiger partial charge >= 0.3 is 0 Å². The number of hydrazine groups is 1. The Bertz CT molecular complexity index is 1680. The number of rotatable bonds is 6. The van der Waals surface area contributed by atoms with Crippen LogP contribution in [-0.4, -0.2) is 27.2 Å². The quantitative estimate of drug-likeness (QED) is 0.236. The summed E-state index contributed by atoms with van der Waals surface area (Å²) in [7, 11) is 0. The fourth-order valence-electron chi connectivity index (χ4n) is 4.27. The highest BCUT2D eigenvalue weighted by Crippen LogP contribution is 2.30. The molecule has 0 saturated heterocycles. The molecular weight excluding hydrogens is 541 g/mol. The summed E-state index contributed by atoms with van der Waals surface area (Å²) in [6, 6.07) is 35.1. The Kier molecular flexibility index (Phi) is 7.50. The van der Waals surface area contributed by atoms with E-state index in [0.29, 0.717) is 38.8 Å². The second-order valence-electron chi connectivity index (χ2n) is 8.94. The highest BCUT2D eigenvalue weighted by Gasteiger charge is 2.28. The van der Waals surface area contributed by atoms with Crippen molar-refractivity contribution in [3.05, 3.63) is 136 Å². The molecule has 5 aromatic rings. The van der Waals surface area contributed by atoms with Crippen molar-refractivity contribution in [2.75, 3.05) is 5.01 Å². The van der Waals surface area contributed by atoms with Crippen LogP contribution in [0.25, 0.3) is 28.6 Å². The first kappa shape index (κ1) is 25.7. The summed E-state index contributed by atoms with van der Waals surface area (Å²) in [5.41, 5.74) is 11.5. The molecule has 196 valence electrons. The number of hydrogen-bond donors (Lipinski definition) is 2. The standard InChI is InChI=1S/C31H23Cl2N7/c32-24-17-18-25(26(33)20-24)30-37-35-27(19-16-21-10-4-1-5-11-21)39-40(30)31-34-28(22-12-6-2-7-13-22)29(36-38-31)23-14-8-3-9-15-23/h1-20,27,35,39H/b19-16+. The van der Waals surface area contributed by atoms with Gasteiger partial charge in [0.2, 0.25) is 0 Å². The molecule has 2 N–H and O–H groups in total. The summed E-state index contributed by atoms with van der Waals surface area (Å²) in [5, 5.41) is 16.5. The molecule has 0 spiro atoms. The first-order valence-corrected chi connectivity index (χ1v) is 13.3. The van der Waals surface area contributed by atoms with Crippen LogP contribution in [0.3, 0.4) is 0 Å². The van der Waals surface area contributed by atoms with Crippen molar-refractivity contribution in [1.82, 2.24) is 26.0 Å². The largest absolute Gasteiger partial charge is 0.285 e. The van der Waals surface area contributed by atoms with Crippen molar-refractivity contribution in [3.63, 3.8) is 0 Å². The SMILES string of the molecule is Clc1ccc(C2=NNC(/C=C/c3ccccc3)NN2c2nnc(-c3ccccc3)c(-c3ccccc3)n2)c(Cl)c1. The Hall–Kier alpha value is -4.56. The van der Waals surface area contributed by atoms with Crippen LogP contribution in [0.4, 0.5) is 5.95 Å². The lowest BCUT2D eigenvalue weighted by Gasteiger charge is -2.33. The summed E-state index contributed by atoms with van der Waals surface area (Å²) < 4.78 is 0. The van der Waals surface area contributed by atoms with Crippen molar-refractivity contribution in [2.45, 2.75) is 6.17 Å². The molecule has 1 atom stereocenters. The molecule has 1 aromatic heterocycles. The zero-order valence-electron chi connectivity index (χ0n) is 21.1. The molecule has 0 saturated carbocycles. The van der Waals surface area contributed by atoms with Crippen LogP contribution < -0.4 is 15.9 Å². The average molecular weight is 564 g/mol. The number of halogens is 2. The fraction of sp³-hybridized carbons (Fsp3) is 0.0323. The maximum Gasteiger partial charge on any atom is 0.266 e. The van der Waals surface area contributed by atoms with Gasteiger partial charge in [0.25, 0.3) is 5.95 Å². The van der Waals surface area contributed by atoms with E-state index in [1.807, 2.05) is 109 Å². The molecule has 40 heavy (non-hydrogen) atoms. The number of benzene rings is 4. The minimum absolute atomic E-state index is 0.308. The van der Waals surface area contributed by atoms with Gasteiger partial charge < -0.3 is 0 Å². The summed E-state index contributed by atoms with van der Waals surface area (Å²) in [6.07, 6.45) is 3.61. The van der Waals surface area contributed by atoms with Gasteiger partial charge in [-0.1, -0.05) is 120 Å². The third-order valence-electron chi connectivity index (χ3n) is 6.21. The lowest BCUT2D eigenvalue weighted by atomic mass is 10.0. The van der Waals surface area contributed by atoms with Gasteiger partial charge in [-0.2, -0.15) is 10.5 Å². The third-order valence-corrected chi connectivity index (χ3v) is 6.76. The number of hydrazone groups is 1. The molecule has 0 fully saturated rings. The topological polar surface area (TPSA) is 78.3 Å². The van der Waals surface area contributed by atoms with Gasteiger partial charge in [0, 0.05) is 21.7 Å². The third kappa shape index (κ3) is 5.58. The van der Waals surface area contributed by atoms with E-state index in [4.69, 9.17) is 28.2 Å². The Morgan fingerprint density at radius 2 is 1.38 bits per heavy atom. The van der Waals surface area contributed by atoms with E-state index in [2.05, 4.69) is 26.2 Å². The van der Waals surface area contributed by atoms with Gasteiger partial charge in [-0.05, 0) is 29.8 Å². The highest BCUT2D eigenvalue weighted by molar-refractivity contribution is 6.37. The number of anilines is 1. The van der Waals surface area contributed by atoms with Crippen LogP contribution in [0.1, 0.15) is 11.1 Å². The summed E-state index contributed by atoms with van der Waals surface area (Å²) >= 11 is 12.8. The van der Waals surface area contributed by atoms with Crippen molar-refractivity contribution < 1.29 is 0 Å². The molecule has 1 unspecified atom stereocenters. The van der Waals surface area contributed by atoms with Gasteiger partial charge in [0.05, 0.1) is 5.02 Å². The van der Waals surface area contributed by atoms with Gasteiger partial charge in [-0.3, -0.25) is 5.43 Å². The number of nitrogens with one attached hydrogen (secondary N) is 2. The number of amidine groups is 1. The summed E-state index contributed by atoms with van der Waals surface area (Å²) in [6.45, 7) is 0. The molecular formula is C31H23Cl2N7. The van der Waals surface area contributed by atoms with Crippen LogP contribution >= 0.6 is 23.2 Å². The monoisotopic (exact) mass is 563 g/mol. The van der Waals surface area contributed by atoms with Gasteiger partial charge in [0.1, 0.15) is 17.6 Å². The summed E-state index contributed by atoms with van der Waals surface area (Å²) in [4.78, 5) is 5.01. The maximum atomic E-state index is 6.61. The van der Waals surface area contributed by atoms with Crippen LogP contribution in [0.2, 0.25) is 10.0 Å². The lowest BCUT2D eigenvalue weighted by Crippen LogP contribution is -2.58. The van der Waals surface area contributed by atoms with Crippen LogP contribution in [0, 0.1) is 0 Å². The van der Waals surface area contributed by atoms with Crippen molar-refractivity contribution in [2.24, 2.45) is 5.10 Å². The van der Waals surface area contributed by atoms with Crippen molar-refractivity contribution >= 4 is 41.1 Å². The number of nitrogens with zero attached hydrogens (tertiary/aromatic N) is 5. The minimum Gasteiger partial charge on any atom is -0.285 e. The van der Waals surface area contributed by atoms with Gasteiger partial charge in [0.15, 0.2) is 5.84 Å². The Labute approximate surface area is 241 Å². The molecule has 2 heterocycles. The smallest absolute Gasteiger partial charge is 0.266 e. The average Bonchev–Trinajstić information content (AvgIpc) is 3.01. The summed E-state index contributed by atoms with van der Waals surface area (Å²) in [5.74, 6) is 0.780. The van der Waals surface area contributed by atoms with Crippen molar-refractivity contribution in [1.29, 1.82) is 0 Å². The molecule has 1 aliphatic heterocycles. The van der Waals surface area contributed by atoms with Crippen LogP contribution in [-0.2, 0) is 0 Å². The first-order chi connectivity index (χ1) is 19.7. The van der Waals surface area contributed by atoms with Gasteiger partial charge in [-0.25, -0.2) is 9.99 Å².